The van der Waals surface area contributed by atoms with Crippen molar-refractivity contribution in [2.24, 2.45) is 0 Å². The van der Waals surface area contributed by atoms with Crippen LogP contribution in [0.3, 0.4) is 0 Å². The van der Waals surface area contributed by atoms with Crippen LogP contribution in [0, 0.1) is 0 Å². The van der Waals surface area contributed by atoms with Crippen molar-refractivity contribution in [2.45, 2.75) is 25.9 Å². The summed E-state index contributed by atoms with van der Waals surface area (Å²) in [7, 11) is 0. The first-order chi connectivity index (χ1) is 7.75. The number of rotatable bonds is 4. The van der Waals surface area contributed by atoms with Gasteiger partial charge in [-0.15, -0.1) is 0 Å². The van der Waals surface area contributed by atoms with Crippen molar-refractivity contribution >= 4 is 0 Å². The van der Waals surface area contributed by atoms with Gasteiger partial charge in [0.1, 0.15) is 6.73 Å². The summed E-state index contributed by atoms with van der Waals surface area (Å²) in [4.78, 5) is 1.92. The van der Waals surface area contributed by atoms with Crippen LogP contribution in [0.4, 0.5) is 0 Å². The second kappa shape index (κ2) is 5.41. The Morgan fingerprint density at radius 3 is 2.81 bits per heavy atom. The van der Waals surface area contributed by atoms with Crippen molar-refractivity contribution in [1.82, 2.24) is 4.90 Å². The van der Waals surface area contributed by atoms with Crippen molar-refractivity contribution in [3.63, 3.8) is 0 Å². The zero-order valence-electron chi connectivity index (χ0n) is 9.54. The lowest BCUT2D eigenvalue weighted by molar-refractivity contribution is -0.741. The summed E-state index contributed by atoms with van der Waals surface area (Å²) in [6.07, 6.45) is -0.453. The van der Waals surface area contributed by atoms with Gasteiger partial charge in [-0.1, -0.05) is 30.3 Å². The van der Waals surface area contributed by atoms with E-state index < -0.39 is 6.35 Å². The highest BCUT2D eigenvalue weighted by molar-refractivity contribution is 5.13. The molecule has 0 spiro atoms. The van der Waals surface area contributed by atoms with Crippen molar-refractivity contribution in [2.75, 3.05) is 13.3 Å². The number of aliphatic hydroxyl groups is 1. The largest absolute Gasteiger partial charge is 0.361 e. The molecule has 2 rings (SSSR count). The van der Waals surface area contributed by atoms with Crippen LogP contribution in [0.2, 0.25) is 0 Å². The molecule has 0 radical (unpaired) electrons. The van der Waals surface area contributed by atoms with E-state index in [-0.39, 0.29) is 0 Å². The zero-order chi connectivity index (χ0) is 11.4. The summed E-state index contributed by atoms with van der Waals surface area (Å²) in [6.45, 7) is 4.05. The fraction of sp³-hybridized carbons (Fsp3) is 0.500. The van der Waals surface area contributed by atoms with Crippen LogP contribution in [0.1, 0.15) is 12.5 Å². The average molecular weight is 223 g/mol. The number of nitrogens with two attached hydrogens (primary N) is 1. The van der Waals surface area contributed by atoms with Crippen LogP contribution in [0.25, 0.3) is 0 Å². The Bertz CT molecular complexity index is 318. The summed E-state index contributed by atoms with van der Waals surface area (Å²) in [5.74, 6) is 0. The smallest absolute Gasteiger partial charge is 0.252 e. The van der Waals surface area contributed by atoms with Gasteiger partial charge in [0.15, 0.2) is 0 Å². The first-order valence-electron chi connectivity index (χ1n) is 5.64. The minimum atomic E-state index is -0.453. The Morgan fingerprint density at radius 2 is 2.19 bits per heavy atom. The van der Waals surface area contributed by atoms with Gasteiger partial charge >= 0.3 is 0 Å². The average Bonchev–Trinajstić information content (AvgIpc) is 2.59. The topological polar surface area (TPSA) is 49.3 Å². The SMILES string of the molecule is CC1CN(COCc2ccccc2)C(O)[NH2+]1. The standard InChI is InChI=1S/C12H18N2O2/c1-10-7-14(12(15)13-10)9-16-8-11-5-3-2-4-6-11/h2-6,10,12-13,15H,7-9H2,1H3/p+1. The van der Waals surface area contributed by atoms with E-state index in [2.05, 4.69) is 6.92 Å². The molecule has 4 nitrogen and oxygen atoms in total. The monoisotopic (exact) mass is 223 g/mol. The molecule has 0 amide bonds. The number of hydrogen-bond acceptors (Lipinski definition) is 3. The Labute approximate surface area is 95.8 Å². The molecule has 0 bridgehead atoms. The van der Waals surface area contributed by atoms with Gasteiger partial charge < -0.3 is 15.2 Å². The Hall–Kier alpha value is -0.940. The molecule has 0 saturated carbocycles. The molecule has 2 atom stereocenters. The second-order valence-corrected chi connectivity index (χ2v) is 4.32. The Kier molecular flexibility index (Phi) is 3.90. The zero-order valence-corrected chi connectivity index (χ0v) is 9.54. The molecule has 1 fully saturated rings. The molecule has 1 heterocycles. The van der Waals surface area contributed by atoms with E-state index in [0.717, 1.165) is 12.1 Å². The van der Waals surface area contributed by atoms with E-state index in [1.54, 1.807) is 0 Å². The van der Waals surface area contributed by atoms with E-state index in [1.165, 1.54) is 0 Å². The van der Waals surface area contributed by atoms with Crippen LogP contribution < -0.4 is 5.32 Å². The summed E-state index contributed by atoms with van der Waals surface area (Å²) in [6, 6.07) is 10.5. The molecule has 1 aliphatic rings. The molecule has 3 N–H and O–H groups in total. The maximum absolute atomic E-state index is 9.65. The number of aliphatic hydroxyl groups excluding tert-OH is 1. The molecule has 16 heavy (non-hydrogen) atoms. The number of benzene rings is 1. The molecular formula is C12H19N2O2+. The molecule has 1 aromatic rings. The summed E-state index contributed by atoms with van der Waals surface area (Å²) >= 11 is 0. The van der Waals surface area contributed by atoms with Gasteiger partial charge in [-0.25, -0.2) is 4.90 Å². The van der Waals surface area contributed by atoms with Gasteiger partial charge in [-0.05, 0) is 12.5 Å². The first kappa shape index (κ1) is 11.5. The third-order valence-corrected chi connectivity index (χ3v) is 2.77. The first-order valence-corrected chi connectivity index (χ1v) is 5.64. The molecule has 1 saturated heterocycles. The number of nitrogens with zero attached hydrogens (tertiary/aromatic N) is 1. The van der Waals surface area contributed by atoms with Crippen LogP contribution in [0.15, 0.2) is 30.3 Å². The molecule has 88 valence electrons. The molecule has 4 heteroatoms. The molecular weight excluding hydrogens is 204 g/mol. The third kappa shape index (κ3) is 3.02. The molecule has 0 aromatic heterocycles. The van der Waals surface area contributed by atoms with Crippen molar-refractivity contribution in [1.29, 1.82) is 0 Å². The Morgan fingerprint density at radius 1 is 1.44 bits per heavy atom. The minimum absolute atomic E-state index is 0.440. The number of quaternary nitrogens is 1. The summed E-state index contributed by atoms with van der Waals surface area (Å²) in [5.41, 5.74) is 1.16. The molecule has 1 aliphatic heterocycles. The predicted molar refractivity (Wildman–Crippen MR) is 60.2 cm³/mol. The van der Waals surface area contributed by atoms with Gasteiger partial charge in [0.25, 0.3) is 6.35 Å². The highest BCUT2D eigenvalue weighted by Crippen LogP contribution is 2.03. The lowest BCUT2D eigenvalue weighted by Gasteiger charge is -2.15. The highest BCUT2D eigenvalue weighted by atomic mass is 16.5. The Balaban J connectivity index is 1.72. The van der Waals surface area contributed by atoms with Crippen LogP contribution in [0.5, 0.6) is 0 Å². The van der Waals surface area contributed by atoms with Crippen LogP contribution in [-0.4, -0.2) is 35.7 Å². The fourth-order valence-corrected chi connectivity index (χ4v) is 1.94. The highest BCUT2D eigenvalue weighted by Gasteiger charge is 2.30. The van der Waals surface area contributed by atoms with E-state index in [4.69, 9.17) is 4.74 Å². The van der Waals surface area contributed by atoms with Crippen LogP contribution in [-0.2, 0) is 11.3 Å². The van der Waals surface area contributed by atoms with Crippen molar-refractivity contribution < 1.29 is 15.2 Å². The predicted octanol–water partition coefficient (Wildman–Crippen LogP) is -0.296. The van der Waals surface area contributed by atoms with Crippen LogP contribution >= 0.6 is 0 Å². The lowest BCUT2D eigenvalue weighted by Crippen LogP contribution is -2.92. The van der Waals surface area contributed by atoms with Crippen molar-refractivity contribution in [3.8, 4) is 0 Å². The molecule has 1 aromatic carbocycles. The van der Waals surface area contributed by atoms with Gasteiger partial charge in [0.05, 0.1) is 19.2 Å². The fourth-order valence-electron chi connectivity index (χ4n) is 1.94. The quantitative estimate of drug-likeness (QED) is 0.737. The van der Waals surface area contributed by atoms with Crippen molar-refractivity contribution in [3.05, 3.63) is 35.9 Å². The lowest BCUT2D eigenvalue weighted by atomic mass is 10.2. The second-order valence-electron chi connectivity index (χ2n) is 4.32. The van der Waals surface area contributed by atoms with E-state index in [1.807, 2.05) is 40.5 Å². The van der Waals surface area contributed by atoms with Gasteiger partial charge in [-0.2, -0.15) is 0 Å². The van der Waals surface area contributed by atoms with Gasteiger partial charge in [-0.3, -0.25) is 0 Å². The van der Waals surface area contributed by atoms with Gasteiger partial charge in [0, 0.05) is 0 Å². The van der Waals surface area contributed by atoms with E-state index in [0.29, 0.717) is 19.4 Å². The van der Waals surface area contributed by atoms with E-state index >= 15 is 0 Å². The maximum atomic E-state index is 9.65. The normalized spacial score (nSPS) is 26.1. The number of hydrogen-bond donors (Lipinski definition) is 2. The third-order valence-electron chi connectivity index (χ3n) is 2.77. The summed E-state index contributed by atoms with van der Waals surface area (Å²) < 4.78 is 5.57. The maximum Gasteiger partial charge on any atom is 0.252 e. The van der Waals surface area contributed by atoms with Gasteiger partial charge in [0.2, 0.25) is 0 Å². The summed E-state index contributed by atoms with van der Waals surface area (Å²) in [5, 5.41) is 11.6. The molecule has 0 aliphatic carbocycles. The number of ether oxygens (including phenoxy) is 1. The van der Waals surface area contributed by atoms with E-state index in [9.17, 15) is 5.11 Å². The molecule has 2 unspecified atom stereocenters. The minimum Gasteiger partial charge on any atom is -0.361 e.